The van der Waals surface area contributed by atoms with Crippen LogP contribution in [0.25, 0.3) is 0 Å². The molecule has 0 aliphatic heterocycles. The number of nitrogens with zero attached hydrogens (tertiary/aromatic N) is 2. The van der Waals surface area contributed by atoms with Crippen molar-refractivity contribution in [3.63, 3.8) is 0 Å². The molecule has 0 bridgehead atoms. The number of carbonyl (C=O) groups is 1. The van der Waals surface area contributed by atoms with Gasteiger partial charge in [0.05, 0.1) is 11.5 Å². The summed E-state index contributed by atoms with van der Waals surface area (Å²) in [7, 11) is 0. The standard InChI is InChI=1S/C12H15BrN2O4/c1-3-14(8-12(16)19-4-2)10-6-5-9(13)7-11(10)15(17)18/h5-7H,3-4,8H2,1-2H3. The van der Waals surface area contributed by atoms with Gasteiger partial charge < -0.3 is 9.64 Å². The first-order chi connectivity index (χ1) is 8.99. The van der Waals surface area contributed by atoms with Gasteiger partial charge in [0.15, 0.2) is 0 Å². The van der Waals surface area contributed by atoms with Crippen LogP contribution in [0.1, 0.15) is 13.8 Å². The van der Waals surface area contributed by atoms with Gasteiger partial charge in [-0.2, -0.15) is 0 Å². The minimum Gasteiger partial charge on any atom is -0.465 e. The SMILES string of the molecule is CCOC(=O)CN(CC)c1ccc(Br)cc1[N+](=O)[O-]. The fourth-order valence-corrected chi connectivity index (χ4v) is 1.99. The van der Waals surface area contributed by atoms with Gasteiger partial charge in [-0.1, -0.05) is 15.9 Å². The molecule has 0 amide bonds. The molecule has 1 aromatic carbocycles. The highest BCUT2D eigenvalue weighted by Crippen LogP contribution is 2.31. The van der Waals surface area contributed by atoms with Crippen LogP contribution in [0.3, 0.4) is 0 Å². The minimum absolute atomic E-state index is 0.00713. The van der Waals surface area contributed by atoms with Gasteiger partial charge in [-0.3, -0.25) is 14.9 Å². The number of benzene rings is 1. The molecule has 7 heteroatoms. The smallest absolute Gasteiger partial charge is 0.325 e. The zero-order chi connectivity index (χ0) is 14.4. The Balaban J connectivity index is 3.04. The van der Waals surface area contributed by atoms with E-state index in [4.69, 9.17) is 4.74 Å². The van der Waals surface area contributed by atoms with Gasteiger partial charge in [-0.25, -0.2) is 0 Å². The van der Waals surface area contributed by atoms with Gasteiger partial charge >= 0.3 is 5.97 Å². The van der Waals surface area contributed by atoms with Crippen LogP contribution in [0.4, 0.5) is 11.4 Å². The molecular weight excluding hydrogens is 316 g/mol. The van der Waals surface area contributed by atoms with E-state index in [0.29, 0.717) is 23.3 Å². The molecule has 104 valence electrons. The van der Waals surface area contributed by atoms with Crippen LogP contribution in [0.15, 0.2) is 22.7 Å². The molecule has 0 spiro atoms. The number of anilines is 1. The Morgan fingerprint density at radius 3 is 2.68 bits per heavy atom. The van der Waals surface area contributed by atoms with Crippen molar-refractivity contribution >= 4 is 33.3 Å². The summed E-state index contributed by atoms with van der Waals surface area (Å²) >= 11 is 3.20. The molecule has 19 heavy (non-hydrogen) atoms. The molecule has 0 radical (unpaired) electrons. The van der Waals surface area contributed by atoms with Crippen molar-refractivity contribution in [1.29, 1.82) is 0 Å². The van der Waals surface area contributed by atoms with Crippen molar-refractivity contribution in [3.8, 4) is 0 Å². The van der Waals surface area contributed by atoms with E-state index in [1.807, 2.05) is 6.92 Å². The molecule has 0 N–H and O–H groups in total. The van der Waals surface area contributed by atoms with Gasteiger partial charge in [0, 0.05) is 17.1 Å². The van der Waals surface area contributed by atoms with Gasteiger partial charge in [-0.15, -0.1) is 0 Å². The number of rotatable bonds is 6. The molecule has 1 rings (SSSR count). The summed E-state index contributed by atoms with van der Waals surface area (Å²) in [6.45, 7) is 4.30. The van der Waals surface area contributed by atoms with Crippen LogP contribution in [0, 0.1) is 10.1 Å². The Labute approximate surface area is 119 Å². The summed E-state index contributed by atoms with van der Waals surface area (Å²) in [5, 5.41) is 11.0. The lowest BCUT2D eigenvalue weighted by Crippen LogP contribution is -2.31. The number of halogens is 1. The van der Waals surface area contributed by atoms with Gasteiger partial charge in [0.2, 0.25) is 0 Å². The largest absolute Gasteiger partial charge is 0.465 e. The van der Waals surface area contributed by atoms with Crippen molar-refractivity contribution in [2.45, 2.75) is 13.8 Å². The van der Waals surface area contributed by atoms with E-state index in [9.17, 15) is 14.9 Å². The Kier molecular flexibility index (Phi) is 5.75. The van der Waals surface area contributed by atoms with E-state index in [2.05, 4.69) is 15.9 Å². The summed E-state index contributed by atoms with van der Waals surface area (Å²) < 4.78 is 5.48. The van der Waals surface area contributed by atoms with E-state index in [1.54, 1.807) is 24.0 Å². The number of esters is 1. The monoisotopic (exact) mass is 330 g/mol. The van der Waals surface area contributed by atoms with Crippen molar-refractivity contribution < 1.29 is 14.5 Å². The maximum absolute atomic E-state index is 11.5. The molecule has 0 saturated heterocycles. The lowest BCUT2D eigenvalue weighted by Gasteiger charge is -2.21. The van der Waals surface area contributed by atoms with E-state index in [-0.39, 0.29) is 12.2 Å². The van der Waals surface area contributed by atoms with Crippen LogP contribution in [0.2, 0.25) is 0 Å². The molecule has 6 nitrogen and oxygen atoms in total. The van der Waals surface area contributed by atoms with Crippen molar-refractivity contribution in [2.75, 3.05) is 24.6 Å². The fraction of sp³-hybridized carbons (Fsp3) is 0.417. The van der Waals surface area contributed by atoms with E-state index in [1.165, 1.54) is 6.07 Å². The van der Waals surface area contributed by atoms with Crippen LogP contribution >= 0.6 is 15.9 Å². The zero-order valence-electron chi connectivity index (χ0n) is 10.8. The summed E-state index contributed by atoms with van der Waals surface area (Å²) in [6, 6.07) is 4.74. The average Bonchev–Trinajstić information content (AvgIpc) is 2.36. The first-order valence-corrected chi connectivity index (χ1v) is 6.63. The lowest BCUT2D eigenvalue weighted by molar-refractivity contribution is -0.384. The average molecular weight is 331 g/mol. The van der Waals surface area contributed by atoms with Crippen molar-refractivity contribution in [2.24, 2.45) is 0 Å². The molecule has 1 aromatic rings. The number of likely N-dealkylation sites (N-methyl/N-ethyl adjacent to an activating group) is 1. The molecule has 0 saturated carbocycles. The Bertz CT molecular complexity index is 479. The van der Waals surface area contributed by atoms with E-state index >= 15 is 0 Å². The maximum Gasteiger partial charge on any atom is 0.325 e. The molecule has 0 aliphatic carbocycles. The highest BCUT2D eigenvalue weighted by molar-refractivity contribution is 9.10. The molecular formula is C12H15BrN2O4. The first kappa shape index (κ1) is 15.4. The molecule has 0 heterocycles. The predicted octanol–water partition coefficient (Wildman–Crippen LogP) is 2.75. The highest BCUT2D eigenvalue weighted by Gasteiger charge is 2.21. The first-order valence-electron chi connectivity index (χ1n) is 5.84. The van der Waals surface area contributed by atoms with Gasteiger partial charge in [0.25, 0.3) is 5.69 Å². The topological polar surface area (TPSA) is 72.7 Å². The molecule has 0 unspecified atom stereocenters. The van der Waals surface area contributed by atoms with E-state index < -0.39 is 10.9 Å². The van der Waals surface area contributed by atoms with Crippen LogP contribution in [-0.2, 0) is 9.53 Å². The molecule has 0 aromatic heterocycles. The van der Waals surface area contributed by atoms with Crippen molar-refractivity contribution in [3.05, 3.63) is 32.8 Å². The number of hydrogen-bond donors (Lipinski definition) is 0. The third kappa shape index (κ3) is 4.20. The molecule has 0 fully saturated rings. The Hall–Kier alpha value is -1.63. The zero-order valence-corrected chi connectivity index (χ0v) is 12.3. The molecule has 0 atom stereocenters. The van der Waals surface area contributed by atoms with Crippen LogP contribution in [-0.4, -0.2) is 30.6 Å². The van der Waals surface area contributed by atoms with Crippen LogP contribution < -0.4 is 4.90 Å². The minimum atomic E-state index is -0.464. The Morgan fingerprint density at radius 2 is 2.16 bits per heavy atom. The number of carbonyl (C=O) groups excluding carboxylic acids is 1. The highest BCUT2D eigenvalue weighted by atomic mass is 79.9. The summed E-state index contributed by atoms with van der Waals surface area (Å²) in [4.78, 5) is 23.7. The number of nitro groups is 1. The van der Waals surface area contributed by atoms with Crippen molar-refractivity contribution in [1.82, 2.24) is 0 Å². The fourth-order valence-electron chi connectivity index (χ4n) is 1.64. The predicted molar refractivity (Wildman–Crippen MR) is 75.3 cm³/mol. The normalized spacial score (nSPS) is 10.1. The maximum atomic E-state index is 11.5. The quantitative estimate of drug-likeness (QED) is 0.455. The summed E-state index contributed by atoms with van der Waals surface area (Å²) in [5.41, 5.74) is 0.365. The summed E-state index contributed by atoms with van der Waals surface area (Å²) in [5.74, 6) is -0.401. The van der Waals surface area contributed by atoms with E-state index in [0.717, 1.165) is 0 Å². The third-order valence-corrected chi connectivity index (χ3v) is 2.98. The molecule has 0 aliphatic rings. The summed E-state index contributed by atoms with van der Waals surface area (Å²) in [6.07, 6.45) is 0. The lowest BCUT2D eigenvalue weighted by atomic mass is 10.2. The van der Waals surface area contributed by atoms with Gasteiger partial charge in [0.1, 0.15) is 12.2 Å². The van der Waals surface area contributed by atoms with Crippen LogP contribution in [0.5, 0.6) is 0 Å². The number of ether oxygens (including phenoxy) is 1. The Morgan fingerprint density at radius 1 is 1.47 bits per heavy atom. The van der Waals surface area contributed by atoms with Gasteiger partial charge in [-0.05, 0) is 26.0 Å². The number of hydrogen-bond acceptors (Lipinski definition) is 5. The third-order valence-electron chi connectivity index (χ3n) is 2.48. The second kappa shape index (κ2) is 7.08. The second-order valence-corrected chi connectivity index (χ2v) is 4.63. The number of nitro benzene ring substituents is 1. The second-order valence-electron chi connectivity index (χ2n) is 3.71.